The molecular formula is C25H22N4O4S. The van der Waals surface area contributed by atoms with Gasteiger partial charge in [0.2, 0.25) is 0 Å². The smallest absolute Gasteiger partial charge is 0.266 e. The molecule has 2 aromatic carbocycles. The SMILES string of the molecule is COc1ccc(-n2c(SCC(=O)NN=CC(C)=Cc3ccco3)nc3ccccc3c2=O)cc1. The Hall–Kier alpha value is -4.11. The molecule has 1 amide bonds. The van der Waals surface area contributed by atoms with Crippen LogP contribution in [0.3, 0.4) is 0 Å². The van der Waals surface area contributed by atoms with Crippen molar-refractivity contribution in [2.75, 3.05) is 12.9 Å². The highest BCUT2D eigenvalue weighted by atomic mass is 32.2. The van der Waals surface area contributed by atoms with Crippen LogP contribution < -0.4 is 15.7 Å². The van der Waals surface area contributed by atoms with Gasteiger partial charge in [-0.05, 0) is 67.1 Å². The van der Waals surface area contributed by atoms with Gasteiger partial charge in [-0.25, -0.2) is 10.4 Å². The first kappa shape index (κ1) is 23.1. The fourth-order valence-electron chi connectivity index (χ4n) is 3.17. The van der Waals surface area contributed by atoms with Gasteiger partial charge in [0, 0.05) is 0 Å². The summed E-state index contributed by atoms with van der Waals surface area (Å²) in [5.41, 5.74) is 4.29. The highest BCUT2D eigenvalue weighted by molar-refractivity contribution is 7.99. The van der Waals surface area contributed by atoms with Crippen molar-refractivity contribution < 1.29 is 13.9 Å². The summed E-state index contributed by atoms with van der Waals surface area (Å²) in [5.74, 6) is 1.08. The number of methoxy groups -OCH3 is 1. The molecule has 0 saturated heterocycles. The lowest BCUT2D eigenvalue weighted by molar-refractivity contribution is -0.118. The number of nitrogens with zero attached hydrogens (tertiary/aromatic N) is 3. The number of fused-ring (bicyclic) bond motifs is 1. The minimum Gasteiger partial charge on any atom is -0.497 e. The minimum atomic E-state index is -0.323. The lowest BCUT2D eigenvalue weighted by Crippen LogP contribution is -2.24. The van der Waals surface area contributed by atoms with Crippen molar-refractivity contribution in [1.29, 1.82) is 0 Å². The largest absolute Gasteiger partial charge is 0.497 e. The van der Waals surface area contributed by atoms with Gasteiger partial charge in [-0.15, -0.1) is 0 Å². The number of nitrogens with one attached hydrogen (secondary N) is 1. The highest BCUT2D eigenvalue weighted by Gasteiger charge is 2.15. The van der Waals surface area contributed by atoms with E-state index in [0.717, 1.165) is 17.3 Å². The van der Waals surface area contributed by atoms with Gasteiger partial charge in [0.05, 0.1) is 41.9 Å². The first-order valence-electron chi connectivity index (χ1n) is 10.4. The van der Waals surface area contributed by atoms with Crippen LogP contribution in [0, 0.1) is 0 Å². The summed E-state index contributed by atoms with van der Waals surface area (Å²) in [5, 5.41) is 4.88. The predicted molar refractivity (Wildman–Crippen MR) is 134 cm³/mol. The lowest BCUT2D eigenvalue weighted by atomic mass is 10.2. The van der Waals surface area contributed by atoms with Crippen molar-refractivity contribution in [3.63, 3.8) is 0 Å². The number of hydrogen-bond donors (Lipinski definition) is 1. The third-order valence-corrected chi connectivity index (χ3v) is 5.72. The first-order valence-corrected chi connectivity index (χ1v) is 11.4. The molecule has 0 spiro atoms. The van der Waals surface area contributed by atoms with Crippen LogP contribution in [-0.4, -0.2) is 34.5 Å². The van der Waals surface area contributed by atoms with Gasteiger partial charge in [0.15, 0.2) is 5.16 Å². The van der Waals surface area contributed by atoms with Crippen LogP contribution in [0.5, 0.6) is 5.75 Å². The van der Waals surface area contributed by atoms with Crippen molar-refractivity contribution in [2.45, 2.75) is 12.1 Å². The molecule has 1 N–H and O–H groups in total. The molecule has 0 fully saturated rings. The first-order chi connectivity index (χ1) is 16.5. The number of furan rings is 1. The molecule has 34 heavy (non-hydrogen) atoms. The summed E-state index contributed by atoms with van der Waals surface area (Å²) in [6.45, 7) is 1.85. The molecule has 0 saturated carbocycles. The van der Waals surface area contributed by atoms with Gasteiger partial charge in [-0.1, -0.05) is 23.9 Å². The van der Waals surface area contributed by atoms with Gasteiger partial charge in [-0.3, -0.25) is 14.2 Å². The molecule has 0 aliphatic carbocycles. The third-order valence-electron chi connectivity index (χ3n) is 4.78. The van der Waals surface area contributed by atoms with E-state index in [0.29, 0.717) is 33.3 Å². The third kappa shape index (κ3) is 5.44. The Morgan fingerprint density at radius 1 is 1.18 bits per heavy atom. The molecule has 8 nitrogen and oxygen atoms in total. The Bertz CT molecular complexity index is 1410. The van der Waals surface area contributed by atoms with E-state index in [1.807, 2.05) is 19.1 Å². The predicted octanol–water partition coefficient (Wildman–Crippen LogP) is 4.28. The molecule has 0 radical (unpaired) electrons. The van der Waals surface area contributed by atoms with Crippen LogP contribution in [0.4, 0.5) is 0 Å². The summed E-state index contributed by atoms with van der Waals surface area (Å²) < 4.78 is 12.0. The maximum Gasteiger partial charge on any atom is 0.266 e. The molecule has 0 atom stereocenters. The number of hydrogen-bond acceptors (Lipinski definition) is 7. The molecule has 9 heteroatoms. The normalized spacial score (nSPS) is 11.8. The maximum atomic E-state index is 13.3. The summed E-state index contributed by atoms with van der Waals surface area (Å²) in [4.78, 5) is 30.3. The number of hydrazone groups is 1. The molecule has 4 rings (SSSR count). The zero-order valence-electron chi connectivity index (χ0n) is 18.6. The molecule has 2 aromatic heterocycles. The molecule has 0 aliphatic heterocycles. The topological polar surface area (TPSA) is 98.7 Å². The van der Waals surface area contributed by atoms with Crippen LogP contribution in [0.2, 0.25) is 0 Å². The highest BCUT2D eigenvalue weighted by Crippen LogP contribution is 2.22. The summed E-state index contributed by atoms with van der Waals surface area (Å²) in [6.07, 6.45) is 4.92. The number of carbonyl (C=O) groups excluding carboxylic acids is 1. The fraction of sp³-hybridized carbons (Fsp3) is 0.120. The Kier molecular flexibility index (Phi) is 7.24. The zero-order valence-corrected chi connectivity index (χ0v) is 19.4. The van der Waals surface area contributed by atoms with Crippen molar-refractivity contribution >= 4 is 40.9 Å². The second kappa shape index (κ2) is 10.7. The zero-order chi connectivity index (χ0) is 23.9. The fourth-order valence-corrected chi connectivity index (χ4v) is 3.98. The average Bonchev–Trinajstić information content (AvgIpc) is 3.36. The van der Waals surface area contributed by atoms with Crippen molar-refractivity contribution in [2.24, 2.45) is 5.10 Å². The quantitative estimate of drug-likeness (QED) is 0.177. The molecule has 0 bridgehead atoms. The number of benzene rings is 2. The molecule has 2 heterocycles. The van der Waals surface area contributed by atoms with Gasteiger partial charge in [-0.2, -0.15) is 5.10 Å². The standard InChI is InChI=1S/C25H22N4O4S/c1-17(14-20-6-5-13-33-20)15-26-28-23(30)16-34-25-27-22-8-4-3-7-21(22)24(31)29(25)18-9-11-19(32-2)12-10-18/h3-15H,16H2,1-2H3,(H,28,30). The summed E-state index contributed by atoms with van der Waals surface area (Å²) in [7, 11) is 1.58. The summed E-state index contributed by atoms with van der Waals surface area (Å²) in [6, 6.07) is 17.8. The maximum absolute atomic E-state index is 13.3. The average molecular weight is 475 g/mol. The second-order valence-electron chi connectivity index (χ2n) is 7.24. The van der Waals surface area contributed by atoms with Crippen LogP contribution >= 0.6 is 11.8 Å². The number of para-hydroxylation sites is 1. The van der Waals surface area contributed by atoms with Gasteiger partial charge < -0.3 is 9.15 Å². The molecule has 0 unspecified atom stereocenters. The van der Waals surface area contributed by atoms with E-state index in [1.165, 1.54) is 10.8 Å². The number of thioether (sulfide) groups is 1. The minimum absolute atomic E-state index is 0.0270. The number of allylic oxidation sites excluding steroid dienone is 1. The Morgan fingerprint density at radius 3 is 2.71 bits per heavy atom. The number of carbonyl (C=O) groups is 1. The number of rotatable bonds is 8. The Morgan fingerprint density at radius 2 is 1.97 bits per heavy atom. The van der Waals surface area contributed by atoms with E-state index in [9.17, 15) is 9.59 Å². The Balaban J connectivity index is 1.53. The van der Waals surface area contributed by atoms with Crippen LogP contribution in [0.15, 0.2) is 92.0 Å². The van der Waals surface area contributed by atoms with E-state index in [2.05, 4.69) is 15.5 Å². The molecule has 0 aliphatic rings. The van der Waals surface area contributed by atoms with Crippen LogP contribution in [0.1, 0.15) is 12.7 Å². The van der Waals surface area contributed by atoms with Gasteiger partial charge >= 0.3 is 0 Å². The second-order valence-corrected chi connectivity index (χ2v) is 8.18. The molecular weight excluding hydrogens is 452 g/mol. The molecule has 172 valence electrons. The lowest BCUT2D eigenvalue weighted by Gasteiger charge is -2.13. The van der Waals surface area contributed by atoms with Crippen LogP contribution in [0.25, 0.3) is 22.7 Å². The van der Waals surface area contributed by atoms with Crippen molar-refractivity contribution in [1.82, 2.24) is 15.0 Å². The van der Waals surface area contributed by atoms with E-state index in [4.69, 9.17) is 9.15 Å². The number of ether oxygens (including phenoxy) is 1. The van der Waals surface area contributed by atoms with E-state index in [1.54, 1.807) is 68.0 Å². The monoisotopic (exact) mass is 474 g/mol. The van der Waals surface area contributed by atoms with E-state index in [-0.39, 0.29) is 17.2 Å². The van der Waals surface area contributed by atoms with Crippen molar-refractivity contribution in [3.8, 4) is 11.4 Å². The number of aromatic nitrogens is 2. The molecule has 4 aromatic rings. The van der Waals surface area contributed by atoms with E-state index >= 15 is 0 Å². The van der Waals surface area contributed by atoms with Crippen LogP contribution in [-0.2, 0) is 4.79 Å². The van der Waals surface area contributed by atoms with E-state index < -0.39 is 0 Å². The number of amides is 1. The van der Waals surface area contributed by atoms with Crippen molar-refractivity contribution in [3.05, 3.63) is 88.6 Å². The Labute approximate surface area is 200 Å². The van der Waals surface area contributed by atoms with Gasteiger partial charge in [0.25, 0.3) is 11.5 Å². The summed E-state index contributed by atoms with van der Waals surface area (Å²) >= 11 is 1.16. The van der Waals surface area contributed by atoms with Gasteiger partial charge in [0.1, 0.15) is 11.5 Å².